The number of barbiturate groups is 1. The molecule has 1 aliphatic rings. The largest absolute Gasteiger partial charge is 0.465 e. The molecule has 0 spiro atoms. The Morgan fingerprint density at radius 1 is 1.03 bits per heavy atom. The molecule has 32 heavy (non-hydrogen) atoms. The first-order chi connectivity index (χ1) is 15.4. The van der Waals surface area contributed by atoms with Crippen molar-refractivity contribution >= 4 is 35.6 Å². The van der Waals surface area contributed by atoms with Gasteiger partial charge in [0.25, 0.3) is 11.8 Å². The van der Waals surface area contributed by atoms with Gasteiger partial charge in [0.2, 0.25) is 0 Å². The molecule has 0 bridgehead atoms. The zero-order valence-corrected chi connectivity index (χ0v) is 16.6. The van der Waals surface area contributed by atoms with Crippen LogP contribution < -0.4 is 10.2 Å². The van der Waals surface area contributed by atoms with Crippen molar-refractivity contribution < 1.29 is 32.7 Å². The summed E-state index contributed by atoms with van der Waals surface area (Å²) in [5, 5.41) is 2.08. The minimum atomic E-state index is -0.948. The van der Waals surface area contributed by atoms with Gasteiger partial charge in [-0.1, -0.05) is 18.2 Å². The van der Waals surface area contributed by atoms with E-state index < -0.39 is 29.6 Å². The Morgan fingerprint density at radius 3 is 2.47 bits per heavy atom. The van der Waals surface area contributed by atoms with E-state index in [1.165, 1.54) is 31.4 Å². The lowest BCUT2D eigenvalue weighted by atomic mass is 10.1. The van der Waals surface area contributed by atoms with Crippen LogP contribution in [0.4, 0.5) is 14.9 Å². The van der Waals surface area contributed by atoms with Crippen LogP contribution in [0.15, 0.2) is 70.7 Å². The maximum Gasteiger partial charge on any atom is 0.338 e. The van der Waals surface area contributed by atoms with Crippen LogP contribution in [0, 0.1) is 5.82 Å². The van der Waals surface area contributed by atoms with Crippen LogP contribution in [0.1, 0.15) is 16.1 Å². The smallest absolute Gasteiger partial charge is 0.338 e. The van der Waals surface area contributed by atoms with Gasteiger partial charge in [0.15, 0.2) is 0 Å². The number of carbonyl (C=O) groups excluding carboxylic acids is 4. The molecule has 0 radical (unpaired) electrons. The lowest BCUT2D eigenvalue weighted by Gasteiger charge is -2.26. The average molecular weight is 434 g/mol. The number of benzene rings is 2. The molecule has 1 N–H and O–H groups in total. The van der Waals surface area contributed by atoms with Gasteiger partial charge in [-0.15, -0.1) is 0 Å². The van der Waals surface area contributed by atoms with Crippen LogP contribution in [0.25, 0.3) is 17.4 Å². The molecule has 0 saturated carbocycles. The van der Waals surface area contributed by atoms with Gasteiger partial charge in [-0.05, 0) is 48.5 Å². The molecular weight excluding hydrogens is 419 g/mol. The predicted molar refractivity (Wildman–Crippen MR) is 111 cm³/mol. The summed E-state index contributed by atoms with van der Waals surface area (Å²) in [4.78, 5) is 50.1. The molecular formula is C23H15FN2O6. The van der Waals surface area contributed by atoms with Gasteiger partial charge in [-0.2, -0.15) is 0 Å². The zero-order valence-electron chi connectivity index (χ0n) is 16.6. The second kappa shape index (κ2) is 8.31. The number of rotatable bonds is 4. The third-order valence-corrected chi connectivity index (χ3v) is 4.70. The highest BCUT2D eigenvalue weighted by molar-refractivity contribution is 6.39. The summed E-state index contributed by atoms with van der Waals surface area (Å²) >= 11 is 0. The van der Waals surface area contributed by atoms with Crippen molar-refractivity contribution in [2.45, 2.75) is 0 Å². The summed E-state index contributed by atoms with van der Waals surface area (Å²) < 4.78 is 23.7. The van der Waals surface area contributed by atoms with Crippen LogP contribution in [0.2, 0.25) is 0 Å². The molecule has 0 aliphatic carbocycles. The van der Waals surface area contributed by atoms with Crippen LogP contribution in [-0.4, -0.2) is 30.9 Å². The molecule has 2 aromatic carbocycles. The first-order valence-electron chi connectivity index (χ1n) is 9.33. The number of ether oxygens (including phenoxy) is 1. The molecule has 8 nitrogen and oxygen atoms in total. The van der Waals surface area contributed by atoms with Gasteiger partial charge >= 0.3 is 12.0 Å². The number of carbonyl (C=O) groups is 4. The maximum atomic E-state index is 13.2. The minimum Gasteiger partial charge on any atom is -0.465 e. The summed E-state index contributed by atoms with van der Waals surface area (Å²) in [6, 6.07) is 13.4. The molecule has 4 amide bonds. The quantitative estimate of drug-likeness (QED) is 0.383. The number of hydrogen-bond donors (Lipinski definition) is 1. The Morgan fingerprint density at radius 2 is 1.75 bits per heavy atom. The lowest BCUT2D eigenvalue weighted by Crippen LogP contribution is -2.54. The third-order valence-electron chi connectivity index (χ3n) is 4.70. The van der Waals surface area contributed by atoms with Crippen molar-refractivity contribution in [3.63, 3.8) is 0 Å². The van der Waals surface area contributed by atoms with E-state index in [1.54, 1.807) is 30.3 Å². The van der Waals surface area contributed by atoms with Crippen molar-refractivity contribution in [1.29, 1.82) is 0 Å². The number of furan rings is 1. The number of methoxy groups -OCH3 is 1. The first kappa shape index (κ1) is 20.7. The van der Waals surface area contributed by atoms with Gasteiger partial charge in [-0.25, -0.2) is 18.9 Å². The maximum absolute atomic E-state index is 13.2. The first-order valence-corrected chi connectivity index (χ1v) is 9.33. The van der Waals surface area contributed by atoms with Crippen molar-refractivity contribution in [2.75, 3.05) is 12.0 Å². The Balaban J connectivity index is 1.69. The van der Waals surface area contributed by atoms with Crippen molar-refractivity contribution in [1.82, 2.24) is 5.32 Å². The third kappa shape index (κ3) is 3.79. The molecule has 160 valence electrons. The van der Waals surface area contributed by atoms with E-state index in [0.29, 0.717) is 11.3 Å². The highest BCUT2D eigenvalue weighted by atomic mass is 19.1. The number of nitrogens with zero attached hydrogens (tertiary/aromatic N) is 1. The predicted octanol–water partition coefficient (Wildman–Crippen LogP) is 3.54. The highest BCUT2D eigenvalue weighted by Gasteiger charge is 2.37. The average Bonchev–Trinajstić information content (AvgIpc) is 3.26. The molecule has 9 heteroatoms. The van der Waals surface area contributed by atoms with Crippen LogP contribution >= 0.6 is 0 Å². The normalized spacial score (nSPS) is 15.1. The fraction of sp³-hybridized carbons (Fsp3) is 0.0435. The number of nitrogens with one attached hydrogen (secondary N) is 1. The van der Waals surface area contributed by atoms with E-state index in [0.717, 1.165) is 17.0 Å². The van der Waals surface area contributed by atoms with E-state index in [1.807, 2.05) is 0 Å². The van der Waals surface area contributed by atoms with Crippen molar-refractivity contribution in [3.05, 3.63) is 83.4 Å². The van der Waals surface area contributed by atoms with Gasteiger partial charge < -0.3 is 9.15 Å². The lowest BCUT2D eigenvalue weighted by molar-refractivity contribution is -0.122. The molecule has 1 aliphatic heterocycles. The van der Waals surface area contributed by atoms with Crippen molar-refractivity contribution in [3.8, 4) is 11.3 Å². The topological polar surface area (TPSA) is 106 Å². The SMILES string of the molecule is COC(=O)c1ccccc1-c1ccc(/C=C2/C(=O)NC(=O)N(c3ccc(F)cc3)C2=O)o1. The zero-order chi connectivity index (χ0) is 22.8. The fourth-order valence-electron chi connectivity index (χ4n) is 3.19. The van der Waals surface area contributed by atoms with Gasteiger partial charge in [0, 0.05) is 5.56 Å². The summed E-state index contributed by atoms with van der Waals surface area (Å²) in [6.45, 7) is 0. The number of anilines is 1. The summed E-state index contributed by atoms with van der Waals surface area (Å²) in [6.07, 6.45) is 1.19. The number of halogens is 1. The summed E-state index contributed by atoms with van der Waals surface area (Å²) in [7, 11) is 1.26. The molecule has 1 saturated heterocycles. The Kier molecular flexibility index (Phi) is 5.38. The Hall–Kier alpha value is -4.53. The molecule has 1 fully saturated rings. The molecule has 0 unspecified atom stereocenters. The van der Waals surface area contributed by atoms with E-state index >= 15 is 0 Å². The molecule has 4 rings (SSSR count). The van der Waals surface area contributed by atoms with E-state index in [9.17, 15) is 23.6 Å². The number of amides is 4. The number of hydrogen-bond acceptors (Lipinski definition) is 6. The highest BCUT2D eigenvalue weighted by Crippen LogP contribution is 2.28. The monoisotopic (exact) mass is 434 g/mol. The molecule has 3 aromatic rings. The number of urea groups is 1. The van der Waals surface area contributed by atoms with Crippen LogP contribution in [0.3, 0.4) is 0 Å². The number of esters is 1. The number of imide groups is 2. The van der Waals surface area contributed by atoms with Gasteiger partial charge in [0.05, 0.1) is 18.4 Å². The molecule has 0 atom stereocenters. The van der Waals surface area contributed by atoms with Crippen LogP contribution in [-0.2, 0) is 14.3 Å². The van der Waals surface area contributed by atoms with Crippen molar-refractivity contribution in [2.24, 2.45) is 0 Å². The van der Waals surface area contributed by atoms with E-state index in [-0.39, 0.29) is 22.6 Å². The van der Waals surface area contributed by atoms with Gasteiger partial charge in [-0.3, -0.25) is 14.9 Å². The van der Waals surface area contributed by atoms with Gasteiger partial charge in [0.1, 0.15) is 22.9 Å². The Labute approximate surface area is 180 Å². The van der Waals surface area contributed by atoms with Crippen LogP contribution in [0.5, 0.6) is 0 Å². The van der Waals surface area contributed by atoms with E-state index in [4.69, 9.17) is 9.15 Å². The standard InChI is InChI=1S/C23H15FN2O6/c1-31-22(29)17-5-3-2-4-16(17)19-11-10-15(32-19)12-18-20(27)25-23(30)26(21(18)28)14-8-6-13(24)7-9-14/h2-12H,1H3,(H,25,27,30)/b18-12-. The van der Waals surface area contributed by atoms with E-state index in [2.05, 4.69) is 5.32 Å². The minimum absolute atomic E-state index is 0.0967. The summed E-state index contributed by atoms with van der Waals surface area (Å²) in [5.41, 5.74) is 0.491. The molecule has 1 aromatic heterocycles. The second-order valence-corrected chi connectivity index (χ2v) is 6.67. The fourth-order valence-corrected chi connectivity index (χ4v) is 3.19. The Bertz CT molecular complexity index is 1280. The summed E-state index contributed by atoms with van der Waals surface area (Å²) in [5.74, 6) is -2.42. The molecule has 2 heterocycles. The second-order valence-electron chi connectivity index (χ2n) is 6.67.